The van der Waals surface area contributed by atoms with Crippen molar-refractivity contribution in [2.75, 3.05) is 0 Å². The topological polar surface area (TPSA) is 20.2 Å². The zero-order valence-corrected chi connectivity index (χ0v) is 9.76. The smallest absolute Gasteiger partial charge is 0.132 e. The normalized spacial score (nSPS) is 12.5. The van der Waals surface area contributed by atoms with Crippen LogP contribution in [-0.2, 0) is 0 Å². The number of rotatable bonds is 2. The Morgan fingerprint density at radius 2 is 1.44 bits per heavy atom. The molecule has 2 aromatic carbocycles. The maximum Gasteiger partial charge on any atom is 0.132 e. The van der Waals surface area contributed by atoms with Gasteiger partial charge in [-0.05, 0) is 18.2 Å². The second kappa shape index (κ2) is 5.00. The van der Waals surface area contributed by atoms with Crippen LogP contribution in [0.1, 0.15) is 17.2 Å². The van der Waals surface area contributed by atoms with Crippen LogP contribution >= 0.6 is 11.6 Å². The lowest BCUT2D eigenvalue weighted by molar-refractivity contribution is 0.214. The summed E-state index contributed by atoms with van der Waals surface area (Å²) >= 11 is 5.76. The Morgan fingerprint density at radius 1 is 0.889 bits per heavy atom. The van der Waals surface area contributed by atoms with Gasteiger partial charge in [0.05, 0.1) is 0 Å². The number of hydrogen-bond acceptors (Lipinski definition) is 1. The van der Waals surface area contributed by atoms with E-state index in [1.54, 1.807) is 0 Å². The first-order chi connectivity index (χ1) is 8.49. The van der Waals surface area contributed by atoms with E-state index in [1.165, 1.54) is 6.07 Å². The molecule has 0 heterocycles. The molecule has 1 atom stereocenters. The highest BCUT2D eigenvalue weighted by Gasteiger charge is 2.18. The fourth-order valence-electron chi connectivity index (χ4n) is 1.61. The summed E-state index contributed by atoms with van der Waals surface area (Å²) in [5.74, 6) is -2.19. The molecule has 0 spiro atoms. The van der Waals surface area contributed by atoms with Crippen LogP contribution in [0.15, 0.2) is 36.4 Å². The SMILES string of the molecule is OC(c1ccc(F)cc1F)c1ccc(F)cc1Cl. The molecule has 0 amide bonds. The first-order valence-electron chi connectivity index (χ1n) is 5.07. The van der Waals surface area contributed by atoms with E-state index in [0.29, 0.717) is 6.07 Å². The van der Waals surface area contributed by atoms with E-state index in [2.05, 4.69) is 0 Å². The van der Waals surface area contributed by atoms with Crippen LogP contribution in [0.4, 0.5) is 13.2 Å². The molecule has 0 bridgehead atoms. The Labute approximate surface area is 106 Å². The van der Waals surface area contributed by atoms with Crippen molar-refractivity contribution >= 4 is 11.6 Å². The van der Waals surface area contributed by atoms with Gasteiger partial charge >= 0.3 is 0 Å². The van der Waals surface area contributed by atoms with Gasteiger partial charge in [-0.2, -0.15) is 0 Å². The summed E-state index contributed by atoms with van der Waals surface area (Å²) in [7, 11) is 0. The van der Waals surface area contributed by atoms with Gasteiger partial charge in [0.15, 0.2) is 0 Å². The minimum absolute atomic E-state index is 0.0220. The highest BCUT2D eigenvalue weighted by atomic mass is 35.5. The van der Waals surface area contributed by atoms with Crippen molar-refractivity contribution in [1.29, 1.82) is 0 Å². The molecule has 1 nitrogen and oxygen atoms in total. The first-order valence-corrected chi connectivity index (χ1v) is 5.45. The fraction of sp³-hybridized carbons (Fsp3) is 0.0769. The van der Waals surface area contributed by atoms with Gasteiger partial charge < -0.3 is 5.11 Å². The molecule has 0 saturated heterocycles. The van der Waals surface area contributed by atoms with Gasteiger partial charge in [-0.25, -0.2) is 13.2 Å². The highest BCUT2D eigenvalue weighted by molar-refractivity contribution is 6.31. The van der Waals surface area contributed by atoms with E-state index in [-0.39, 0.29) is 16.1 Å². The Bertz CT molecular complexity index is 535. The monoisotopic (exact) mass is 272 g/mol. The largest absolute Gasteiger partial charge is 0.383 e. The average Bonchev–Trinajstić information content (AvgIpc) is 2.28. The van der Waals surface area contributed by atoms with Crippen molar-refractivity contribution in [2.24, 2.45) is 0 Å². The quantitative estimate of drug-likeness (QED) is 0.881. The molecule has 2 aromatic rings. The molecule has 0 saturated carbocycles. The fourth-order valence-corrected chi connectivity index (χ4v) is 1.88. The summed E-state index contributed by atoms with van der Waals surface area (Å²) in [6.07, 6.45) is -1.38. The third-order valence-corrected chi connectivity index (χ3v) is 2.84. The van der Waals surface area contributed by atoms with Crippen molar-refractivity contribution in [3.63, 3.8) is 0 Å². The molecule has 18 heavy (non-hydrogen) atoms. The summed E-state index contributed by atoms with van der Waals surface area (Å²) < 4.78 is 39.1. The second-order valence-corrected chi connectivity index (χ2v) is 4.14. The van der Waals surface area contributed by atoms with Gasteiger partial charge in [-0.15, -0.1) is 0 Å². The van der Waals surface area contributed by atoms with Crippen LogP contribution < -0.4 is 0 Å². The number of aliphatic hydroxyl groups excluding tert-OH is 1. The number of aliphatic hydroxyl groups is 1. The standard InChI is InChI=1S/C13H8ClF3O/c14-11-5-7(15)1-3-9(11)13(18)10-4-2-8(16)6-12(10)17/h1-6,13,18H. The molecule has 0 aromatic heterocycles. The number of halogens is 4. The van der Waals surface area contributed by atoms with Crippen molar-refractivity contribution in [2.45, 2.75) is 6.10 Å². The molecule has 1 N–H and O–H groups in total. The zero-order chi connectivity index (χ0) is 13.3. The molecule has 5 heteroatoms. The summed E-state index contributed by atoms with van der Waals surface area (Å²) in [6, 6.07) is 6.18. The predicted molar refractivity (Wildman–Crippen MR) is 61.8 cm³/mol. The van der Waals surface area contributed by atoms with Crippen LogP contribution in [-0.4, -0.2) is 5.11 Å². The Balaban J connectivity index is 2.44. The van der Waals surface area contributed by atoms with Gasteiger partial charge in [0, 0.05) is 22.2 Å². The lowest BCUT2D eigenvalue weighted by atomic mass is 10.0. The van der Waals surface area contributed by atoms with E-state index >= 15 is 0 Å². The number of benzene rings is 2. The zero-order valence-electron chi connectivity index (χ0n) is 9.00. The van der Waals surface area contributed by atoms with Crippen molar-refractivity contribution in [3.05, 3.63) is 70.0 Å². The van der Waals surface area contributed by atoms with Gasteiger partial charge in [-0.1, -0.05) is 23.7 Å². The third-order valence-electron chi connectivity index (χ3n) is 2.51. The van der Waals surface area contributed by atoms with Crippen molar-refractivity contribution < 1.29 is 18.3 Å². The Hall–Kier alpha value is -1.52. The molecular weight excluding hydrogens is 265 g/mol. The molecule has 0 fully saturated rings. The van der Waals surface area contributed by atoms with E-state index in [0.717, 1.165) is 24.3 Å². The van der Waals surface area contributed by atoms with Crippen LogP contribution in [0, 0.1) is 17.5 Å². The van der Waals surface area contributed by atoms with E-state index in [9.17, 15) is 18.3 Å². The third kappa shape index (κ3) is 2.49. The van der Waals surface area contributed by atoms with Crippen LogP contribution in [0.2, 0.25) is 5.02 Å². The van der Waals surface area contributed by atoms with Gasteiger partial charge in [0.1, 0.15) is 23.6 Å². The summed E-state index contributed by atoms with van der Waals surface area (Å²) in [6.45, 7) is 0. The van der Waals surface area contributed by atoms with Crippen molar-refractivity contribution in [1.82, 2.24) is 0 Å². The highest BCUT2D eigenvalue weighted by Crippen LogP contribution is 2.30. The van der Waals surface area contributed by atoms with Crippen LogP contribution in [0.5, 0.6) is 0 Å². The summed E-state index contributed by atoms with van der Waals surface area (Å²) in [5.41, 5.74) is 0.0356. The molecule has 94 valence electrons. The summed E-state index contributed by atoms with van der Waals surface area (Å²) in [4.78, 5) is 0. The first kappa shape index (κ1) is 12.9. The van der Waals surface area contributed by atoms with Crippen LogP contribution in [0.3, 0.4) is 0 Å². The van der Waals surface area contributed by atoms with Crippen LogP contribution in [0.25, 0.3) is 0 Å². The molecule has 1 unspecified atom stereocenters. The van der Waals surface area contributed by atoms with Gasteiger partial charge in [0.25, 0.3) is 0 Å². The van der Waals surface area contributed by atoms with Gasteiger partial charge in [0.2, 0.25) is 0 Å². The summed E-state index contributed by atoms with van der Waals surface area (Å²) in [5, 5.41) is 9.94. The second-order valence-electron chi connectivity index (χ2n) is 3.73. The molecule has 2 rings (SSSR count). The maximum atomic E-state index is 13.5. The lowest BCUT2D eigenvalue weighted by Gasteiger charge is -2.14. The average molecular weight is 273 g/mol. The molecule has 0 aliphatic carbocycles. The predicted octanol–water partition coefficient (Wildman–Crippen LogP) is 3.84. The molecule has 0 radical (unpaired) electrons. The molecular formula is C13H8ClF3O. The van der Waals surface area contributed by atoms with E-state index in [4.69, 9.17) is 11.6 Å². The van der Waals surface area contributed by atoms with E-state index < -0.39 is 23.6 Å². The molecule has 0 aliphatic heterocycles. The van der Waals surface area contributed by atoms with Crippen molar-refractivity contribution in [3.8, 4) is 0 Å². The lowest BCUT2D eigenvalue weighted by Crippen LogP contribution is -2.04. The Morgan fingerprint density at radius 3 is 2.00 bits per heavy atom. The van der Waals surface area contributed by atoms with E-state index in [1.807, 2.05) is 0 Å². The number of hydrogen-bond donors (Lipinski definition) is 1. The molecule has 0 aliphatic rings. The minimum Gasteiger partial charge on any atom is -0.383 e. The Kier molecular flexibility index (Phi) is 3.59. The minimum atomic E-state index is -1.38. The maximum absolute atomic E-state index is 13.5. The van der Waals surface area contributed by atoms with Gasteiger partial charge in [-0.3, -0.25) is 0 Å².